The number of rotatable bonds is 7. The lowest BCUT2D eigenvalue weighted by atomic mass is 9.97. The molecule has 1 aliphatic heterocycles. The largest absolute Gasteiger partial charge is 0.493 e. The highest BCUT2D eigenvalue weighted by Gasteiger charge is 2.17. The predicted molar refractivity (Wildman–Crippen MR) is 89.9 cm³/mol. The number of hydrogen-bond acceptors (Lipinski definition) is 3. The molecular formula is C17H26BrNO2. The zero-order chi connectivity index (χ0) is 15.1. The molecule has 0 saturated carbocycles. The summed E-state index contributed by atoms with van der Waals surface area (Å²) in [7, 11) is 2.02. The van der Waals surface area contributed by atoms with E-state index in [-0.39, 0.29) is 0 Å². The summed E-state index contributed by atoms with van der Waals surface area (Å²) in [6, 6.07) is 6.72. The van der Waals surface area contributed by atoms with Crippen molar-refractivity contribution in [3.05, 3.63) is 28.2 Å². The lowest BCUT2D eigenvalue weighted by Crippen LogP contribution is -2.23. The van der Waals surface area contributed by atoms with Crippen molar-refractivity contribution in [2.45, 2.75) is 51.2 Å². The Morgan fingerprint density at radius 2 is 2.29 bits per heavy atom. The fourth-order valence-electron chi connectivity index (χ4n) is 2.87. The number of ether oxygens (including phenoxy) is 2. The summed E-state index contributed by atoms with van der Waals surface area (Å²) in [5.74, 6) is 0.909. The molecule has 2 atom stereocenters. The lowest BCUT2D eigenvalue weighted by Gasteiger charge is -2.25. The fraction of sp³-hybridized carbons (Fsp3) is 0.647. The molecule has 1 aromatic carbocycles. The summed E-state index contributed by atoms with van der Waals surface area (Å²) < 4.78 is 12.4. The molecule has 3 nitrogen and oxygen atoms in total. The van der Waals surface area contributed by atoms with Crippen molar-refractivity contribution in [1.29, 1.82) is 0 Å². The second kappa shape index (κ2) is 8.76. The molecule has 0 spiro atoms. The van der Waals surface area contributed by atoms with Crippen molar-refractivity contribution in [2.75, 3.05) is 20.3 Å². The first-order valence-corrected chi connectivity index (χ1v) is 8.75. The summed E-state index contributed by atoms with van der Waals surface area (Å²) in [5.41, 5.74) is 1.30. The van der Waals surface area contributed by atoms with Crippen LogP contribution in [-0.2, 0) is 4.74 Å². The van der Waals surface area contributed by atoms with Crippen molar-refractivity contribution >= 4 is 15.9 Å². The minimum atomic E-state index is 0.363. The molecule has 1 saturated heterocycles. The minimum Gasteiger partial charge on any atom is -0.493 e. The molecule has 2 rings (SSSR count). The van der Waals surface area contributed by atoms with Crippen LogP contribution in [0.4, 0.5) is 0 Å². The Kier molecular flexibility index (Phi) is 7.00. The Balaban J connectivity index is 1.94. The van der Waals surface area contributed by atoms with Crippen LogP contribution in [0.1, 0.15) is 50.6 Å². The number of benzene rings is 1. The summed E-state index contributed by atoms with van der Waals surface area (Å²) in [5, 5.41) is 3.42. The standard InChI is InChI=1S/C17H26BrNO2/c1-3-20-17-10-7-13(12-15(17)18)16(19-2)9-8-14-6-4-5-11-21-14/h7,10,12,14,16,19H,3-6,8-9,11H2,1-2H3. The van der Waals surface area contributed by atoms with Gasteiger partial charge in [-0.1, -0.05) is 6.07 Å². The molecule has 118 valence electrons. The first-order valence-electron chi connectivity index (χ1n) is 7.95. The van der Waals surface area contributed by atoms with E-state index in [2.05, 4.69) is 33.4 Å². The quantitative estimate of drug-likeness (QED) is 0.783. The normalized spacial score (nSPS) is 20.2. The zero-order valence-electron chi connectivity index (χ0n) is 13.0. The Morgan fingerprint density at radius 3 is 2.90 bits per heavy atom. The summed E-state index contributed by atoms with van der Waals surface area (Å²) in [4.78, 5) is 0. The third kappa shape index (κ3) is 4.97. The third-order valence-electron chi connectivity index (χ3n) is 4.06. The zero-order valence-corrected chi connectivity index (χ0v) is 14.6. The summed E-state index contributed by atoms with van der Waals surface area (Å²) in [6.45, 7) is 3.62. The predicted octanol–water partition coefficient (Wildman–Crippen LogP) is 4.46. The lowest BCUT2D eigenvalue weighted by molar-refractivity contribution is 0.00866. The van der Waals surface area contributed by atoms with Gasteiger partial charge in [0.1, 0.15) is 5.75 Å². The van der Waals surface area contributed by atoms with E-state index >= 15 is 0 Å². The molecule has 0 bridgehead atoms. The van der Waals surface area contributed by atoms with E-state index in [0.717, 1.165) is 29.7 Å². The molecule has 1 N–H and O–H groups in total. The van der Waals surface area contributed by atoms with Gasteiger partial charge in [0.05, 0.1) is 17.2 Å². The fourth-order valence-corrected chi connectivity index (χ4v) is 3.38. The van der Waals surface area contributed by atoms with Crippen molar-refractivity contribution in [3.8, 4) is 5.75 Å². The molecule has 1 aliphatic rings. The van der Waals surface area contributed by atoms with Gasteiger partial charge in [0, 0.05) is 12.6 Å². The molecule has 0 aliphatic carbocycles. The Labute approximate surface area is 136 Å². The van der Waals surface area contributed by atoms with Gasteiger partial charge < -0.3 is 14.8 Å². The highest BCUT2D eigenvalue weighted by molar-refractivity contribution is 9.10. The van der Waals surface area contributed by atoms with E-state index in [0.29, 0.717) is 18.8 Å². The monoisotopic (exact) mass is 355 g/mol. The van der Waals surface area contributed by atoms with Gasteiger partial charge in [-0.25, -0.2) is 0 Å². The van der Waals surface area contributed by atoms with E-state index in [1.54, 1.807) is 0 Å². The molecule has 0 amide bonds. The maximum Gasteiger partial charge on any atom is 0.133 e. The van der Waals surface area contributed by atoms with Crippen LogP contribution in [0.2, 0.25) is 0 Å². The highest BCUT2D eigenvalue weighted by atomic mass is 79.9. The van der Waals surface area contributed by atoms with Gasteiger partial charge in [0.25, 0.3) is 0 Å². The molecule has 4 heteroatoms. The first-order chi connectivity index (χ1) is 10.2. The van der Waals surface area contributed by atoms with Gasteiger partial charge in [-0.3, -0.25) is 0 Å². The van der Waals surface area contributed by atoms with E-state index in [1.807, 2.05) is 20.0 Å². The average Bonchev–Trinajstić information content (AvgIpc) is 2.51. The molecule has 2 unspecified atom stereocenters. The van der Waals surface area contributed by atoms with Crippen molar-refractivity contribution in [2.24, 2.45) is 0 Å². The summed E-state index contributed by atoms with van der Waals surface area (Å²) >= 11 is 3.60. The Bertz CT molecular complexity index is 433. The van der Waals surface area contributed by atoms with Crippen molar-refractivity contribution < 1.29 is 9.47 Å². The van der Waals surface area contributed by atoms with Crippen LogP contribution in [0.15, 0.2) is 22.7 Å². The van der Waals surface area contributed by atoms with Gasteiger partial charge in [-0.05, 0) is 79.7 Å². The Hall–Kier alpha value is -0.580. The summed E-state index contributed by atoms with van der Waals surface area (Å²) in [6.07, 6.45) is 6.41. The second-order valence-corrected chi connectivity index (χ2v) is 6.38. The molecule has 21 heavy (non-hydrogen) atoms. The van der Waals surface area contributed by atoms with Crippen molar-refractivity contribution in [1.82, 2.24) is 5.32 Å². The smallest absolute Gasteiger partial charge is 0.133 e. The average molecular weight is 356 g/mol. The molecule has 1 fully saturated rings. The van der Waals surface area contributed by atoms with E-state index < -0.39 is 0 Å². The minimum absolute atomic E-state index is 0.363. The second-order valence-electron chi connectivity index (χ2n) is 5.53. The molecule has 1 aromatic rings. The van der Waals surface area contributed by atoms with Crippen molar-refractivity contribution in [3.63, 3.8) is 0 Å². The SMILES string of the molecule is CCOc1ccc(C(CCC2CCCCO2)NC)cc1Br. The van der Waals surface area contributed by atoms with Crippen LogP contribution in [0.25, 0.3) is 0 Å². The highest BCUT2D eigenvalue weighted by Crippen LogP contribution is 2.30. The van der Waals surface area contributed by atoms with Gasteiger partial charge in [-0.15, -0.1) is 0 Å². The van der Waals surface area contributed by atoms with Crippen LogP contribution in [-0.4, -0.2) is 26.4 Å². The van der Waals surface area contributed by atoms with E-state index in [1.165, 1.54) is 24.8 Å². The number of halogens is 1. The van der Waals surface area contributed by atoms with Crippen LogP contribution in [0.3, 0.4) is 0 Å². The maximum absolute atomic E-state index is 5.83. The van der Waals surface area contributed by atoms with Crippen LogP contribution in [0, 0.1) is 0 Å². The number of nitrogens with one attached hydrogen (secondary N) is 1. The van der Waals surface area contributed by atoms with Crippen LogP contribution in [0.5, 0.6) is 5.75 Å². The van der Waals surface area contributed by atoms with Gasteiger partial charge in [0.2, 0.25) is 0 Å². The van der Waals surface area contributed by atoms with Crippen LogP contribution >= 0.6 is 15.9 Å². The maximum atomic E-state index is 5.83. The van der Waals surface area contributed by atoms with Gasteiger partial charge in [0.15, 0.2) is 0 Å². The first kappa shape index (κ1) is 16.8. The van der Waals surface area contributed by atoms with E-state index in [4.69, 9.17) is 9.47 Å². The van der Waals surface area contributed by atoms with E-state index in [9.17, 15) is 0 Å². The molecule has 1 heterocycles. The molecule has 0 aromatic heterocycles. The third-order valence-corrected chi connectivity index (χ3v) is 4.68. The molecular weight excluding hydrogens is 330 g/mol. The number of hydrogen-bond donors (Lipinski definition) is 1. The van der Waals surface area contributed by atoms with Crippen LogP contribution < -0.4 is 10.1 Å². The Morgan fingerprint density at radius 1 is 1.43 bits per heavy atom. The molecule has 0 radical (unpaired) electrons. The topological polar surface area (TPSA) is 30.5 Å². The van der Waals surface area contributed by atoms with Gasteiger partial charge in [-0.2, -0.15) is 0 Å². The van der Waals surface area contributed by atoms with Gasteiger partial charge >= 0.3 is 0 Å².